The van der Waals surface area contributed by atoms with Gasteiger partial charge in [0.15, 0.2) is 48.2 Å². The number of hydrogen-bond donors (Lipinski definition) is 1. The van der Waals surface area contributed by atoms with E-state index in [9.17, 15) is 24.0 Å². The summed E-state index contributed by atoms with van der Waals surface area (Å²) in [4.78, 5) is 75.8. The lowest BCUT2D eigenvalue weighted by molar-refractivity contribution is -0.309. The Bertz CT molecular complexity index is 3200. The highest BCUT2D eigenvalue weighted by Gasteiger charge is 2.53. The van der Waals surface area contributed by atoms with Gasteiger partial charge in [0.2, 0.25) is 0 Å². The Morgan fingerprint density at radius 3 is 1.83 bits per heavy atom. The van der Waals surface area contributed by atoms with E-state index >= 15 is 0 Å². The van der Waals surface area contributed by atoms with E-state index in [-0.39, 0.29) is 64.0 Å². The first-order chi connectivity index (χ1) is 42.9. The molecule has 478 valence electrons. The average Bonchev–Trinajstić information content (AvgIpc) is 1.58. The largest absolute Gasteiger partial charge is 0.497 e. The molecular formula is C63H77N6O19P. The minimum atomic E-state index is -1.89. The molecule has 0 spiro atoms. The molecule has 1 amide bonds. The number of fused-ring (bicyclic) bond motifs is 1. The molecule has 8 rings (SSSR count). The maximum atomic E-state index is 13.2. The summed E-state index contributed by atoms with van der Waals surface area (Å²) >= 11 is 0. The second-order valence-electron chi connectivity index (χ2n) is 21.2. The molecule has 2 aliphatic heterocycles. The topological polar surface area (TPSA) is 273 Å². The van der Waals surface area contributed by atoms with Crippen LogP contribution in [0, 0.1) is 0 Å². The summed E-state index contributed by atoms with van der Waals surface area (Å²) in [7, 11) is 1.34. The summed E-state index contributed by atoms with van der Waals surface area (Å²) in [6, 6.07) is 34.2. The van der Waals surface area contributed by atoms with Crippen LogP contribution in [0.3, 0.4) is 0 Å². The fourth-order valence-corrected chi connectivity index (χ4v) is 12.2. The van der Waals surface area contributed by atoms with Crippen LogP contribution in [0.1, 0.15) is 84.7 Å². The van der Waals surface area contributed by atoms with Gasteiger partial charge in [-0.25, -0.2) is 19.6 Å². The molecule has 1 unspecified atom stereocenters. The highest BCUT2D eigenvalue weighted by atomic mass is 31.2. The fraction of sp³-hybridized carbons (Fsp3) is 0.460. The molecule has 25 nitrogen and oxygen atoms in total. The van der Waals surface area contributed by atoms with Crippen molar-refractivity contribution in [3.8, 4) is 17.2 Å². The predicted molar refractivity (Wildman–Crippen MR) is 321 cm³/mol. The molecule has 1 N–H and O–H groups in total. The molecule has 26 heteroatoms. The van der Waals surface area contributed by atoms with Gasteiger partial charge in [0, 0.05) is 46.2 Å². The zero-order valence-corrected chi connectivity index (χ0v) is 52.3. The van der Waals surface area contributed by atoms with E-state index in [4.69, 9.17) is 65.9 Å². The second-order valence-corrected chi connectivity index (χ2v) is 22.6. The third-order valence-corrected chi connectivity index (χ3v) is 16.4. The lowest BCUT2D eigenvalue weighted by atomic mass is 9.80. The van der Waals surface area contributed by atoms with E-state index in [1.54, 1.807) is 37.2 Å². The number of rotatable bonds is 31. The number of aromatic nitrogens is 4. The molecule has 0 aliphatic carbocycles. The summed E-state index contributed by atoms with van der Waals surface area (Å²) < 4.78 is 89.3. The summed E-state index contributed by atoms with van der Waals surface area (Å²) in [5.41, 5.74) is 1.94. The maximum Gasteiger partial charge on any atom is 0.303 e. The number of carbonyl (C=O) groups is 5. The number of amides is 1. The van der Waals surface area contributed by atoms with E-state index in [2.05, 4.69) is 52.6 Å². The Labute approximate surface area is 517 Å². The lowest BCUT2D eigenvalue weighted by Crippen LogP contribution is -2.63. The van der Waals surface area contributed by atoms with E-state index in [0.717, 1.165) is 37.5 Å². The standard InChI is InChI=1S/C63H77N6O19P/c1-39(2)69(40(3)4)89(82-32-30-77-29-31-78-62-59(85-44(8)73)58(84-43(7)72)57(83-42(6)71)53(87-62)34-79-41(5)70)88-51-33-55(68-38-66-56-60(64-37-65-61(56)68)67-54(74)36-80-50-19-15-12-16-20-50)86-52(51)35-81-63(45-17-13-11-14-18-45,46-21-25-48(75-9)26-22-46)47-23-27-49(76-10)28-24-47/h11-28,37-40,51-53,55,57-59,62H,29-36H2,1-10H3,(H,64,65,67,74)/t51-,52+,53+,55+,57+,58-,59+,62+,89?/m0/s1. The zero-order chi connectivity index (χ0) is 63.6. The van der Waals surface area contributed by atoms with Gasteiger partial charge in [-0.2, -0.15) is 0 Å². The van der Waals surface area contributed by atoms with Gasteiger partial charge in [0.1, 0.15) is 54.2 Å². The lowest BCUT2D eigenvalue weighted by Gasteiger charge is -2.44. The molecule has 89 heavy (non-hydrogen) atoms. The van der Waals surface area contributed by atoms with E-state index < -0.39 is 99.7 Å². The number of benzene rings is 4. The molecule has 4 heterocycles. The SMILES string of the molecule is COc1ccc(C(OC[C@H]2O[C@@H](n3cnc4c(NC(=O)COc5ccccc5)ncnc43)C[C@@H]2OP(OCCOCCO[C@@H]2O[C@H](COC(C)=O)[C@@H](OC(C)=O)[C@H](OC(C)=O)[C@H]2OC(C)=O)N(C(C)C)C(C)C)(c2ccccc2)c2ccc(OC)cc2)cc1. The van der Waals surface area contributed by atoms with Crippen LogP contribution in [-0.2, 0) is 81.3 Å². The molecule has 4 aromatic carbocycles. The molecular weight excluding hydrogens is 1180 g/mol. The first-order valence-electron chi connectivity index (χ1n) is 29.1. The summed E-state index contributed by atoms with van der Waals surface area (Å²) in [5, 5.41) is 2.82. The summed E-state index contributed by atoms with van der Waals surface area (Å²) in [6.45, 7) is 12.1. The van der Waals surface area contributed by atoms with Crippen molar-refractivity contribution in [3.05, 3.63) is 139 Å². The first-order valence-corrected chi connectivity index (χ1v) is 30.2. The number of para-hydroxylation sites is 1. The van der Waals surface area contributed by atoms with Crippen LogP contribution in [0.4, 0.5) is 5.82 Å². The third-order valence-electron chi connectivity index (χ3n) is 14.2. The van der Waals surface area contributed by atoms with Crippen LogP contribution in [0.5, 0.6) is 17.2 Å². The van der Waals surface area contributed by atoms with Gasteiger partial charge >= 0.3 is 23.9 Å². The van der Waals surface area contributed by atoms with Crippen LogP contribution in [0.25, 0.3) is 11.2 Å². The molecule has 2 fully saturated rings. The van der Waals surface area contributed by atoms with Crippen LogP contribution in [-0.4, -0.2) is 169 Å². The normalized spacial score (nSPS) is 20.5. The second kappa shape index (κ2) is 32.2. The quantitative estimate of drug-likeness (QED) is 0.0142. The Morgan fingerprint density at radius 1 is 0.652 bits per heavy atom. The molecule has 0 radical (unpaired) electrons. The molecule has 6 aromatic rings. The van der Waals surface area contributed by atoms with Crippen LogP contribution in [0.2, 0.25) is 0 Å². The average molecular weight is 1250 g/mol. The number of nitrogens with one attached hydrogen (secondary N) is 1. The Hall–Kier alpha value is -7.71. The summed E-state index contributed by atoms with van der Waals surface area (Å²) in [5.74, 6) is -1.34. The number of ether oxygens (including phenoxy) is 12. The molecule has 2 saturated heterocycles. The van der Waals surface area contributed by atoms with Crippen molar-refractivity contribution in [2.45, 2.75) is 129 Å². The number of esters is 4. The van der Waals surface area contributed by atoms with Gasteiger partial charge in [-0.3, -0.25) is 28.5 Å². The van der Waals surface area contributed by atoms with Gasteiger partial charge < -0.3 is 71.2 Å². The Balaban J connectivity index is 1.05. The Morgan fingerprint density at radius 2 is 1.24 bits per heavy atom. The van der Waals surface area contributed by atoms with Crippen molar-refractivity contribution >= 4 is 55.3 Å². The van der Waals surface area contributed by atoms with Crippen LogP contribution < -0.4 is 19.5 Å². The molecule has 0 saturated carbocycles. The molecule has 0 bridgehead atoms. The molecule has 9 atom stereocenters. The highest BCUT2D eigenvalue weighted by molar-refractivity contribution is 7.44. The minimum absolute atomic E-state index is 0.0202. The van der Waals surface area contributed by atoms with Crippen molar-refractivity contribution < 1.29 is 89.9 Å². The monoisotopic (exact) mass is 1250 g/mol. The minimum Gasteiger partial charge on any atom is -0.497 e. The van der Waals surface area contributed by atoms with Crippen molar-refractivity contribution in [1.29, 1.82) is 0 Å². The van der Waals surface area contributed by atoms with Crippen molar-refractivity contribution in [2.75, 3.05) is 65.8 Å². The number of nitrogens with zero attached hydrogens (tertiary/aromatic N) is 5. The van der Waals surface area contributed by atoms with Crippen LogP contribution in [0.15, 0.2) is 122 Å². The van der Waals surface area contributed by atoms with Gasteiger partial charge in [-0.05, 0) is 80.8 Å². The maximum absolute atomic E-state index is 13.2. The van der Waals surface area contributed by atoms with Crippen LogP contribution >= 0.6 is 8.53 Å². The number of imidazole rings is 1. The van der Waals surface area contributed by atoms with Gasteiger partial charge in [0.05, 0.1) is 59.7 Å². The van der Waals surface area contributed by atoms with E-state index in [0.29, 0.717) is 28.4 Å². The zero-order valence-electron chi connectivity index (χ0n) is 51.4. The Kier molecular flexibility index (Phi) is 24.3. The number of anilines is 1. The van der Waals surface area contributed by atoms with Gasteiger partial charge in [-0.1, -0.05) is 72.8 Å². The molecule has 2 aromatic heterocycles. The van der Waals surface area contributed by atoms with E-state index in [1.807, 2.05) is 97.1 Å². The van der Waals surface area contributed by atoms with Crippen molar-refractivity contribution in [3.63, 3.8) is 0 Å². The third kappa shape index (κ3) is 17.6. The van der Waals surface area contributed by atoms with Gasteiger partial charge in [-0.15, -0.1) is 0 Å². The summed E-state index contributed by atoms with van der Waals surface area (Å²) in [6.07, 6.45) is -5.72. The number of carbonyl (C=O) groups excluding carboxylic acids is 5. The first kappa shape index (κ1) is 67.2. The smallest absolute Gasteiger partial charge is 0.303 e. The van der Waals surface area contributed by atoms with Crippen molar-refractivity contribution in [1.82, 2.24) is 24.2 Å². The highest BCUT2D eigenvalue weighted by Crippen LogP contribution is 2.51. The fourth-order valence-electron chi connectivity index (χ4n) is 10.5. The molecule has 2 aliphatic rings. The number of hydrogen-bond acceptors (Lipinski definition) is 23. The van der Waals surface area contributed by atoms with Crippen molar-refractivity contribution in [2.24, 2.45) is 0 Å². The number of methoxy groups -OCH3 is 2. The predicted octanol–water partition coefficient (Wildman–Crippen LogP) is 8.02. The van der Waals surface area contributed by atoms with Gasteiger partial charge in [0.25, 0.3) is 14.4 Å². The van der Waals surface area contributed by atoms with E-state index in [1.165, 1.54) is 13.3 Å².